The summed E-state index contributed by atoms with van der Waals surface area (Å²) in [5.74, 6) is -2.68. The second kappa shape index (κ2) is 5.14. The van der Waals surface area contributed by atoms with Crippen molar-refractivity contribution in [3.63, 3.8) is 0 Å². The fourth-order valence-electron chi connectivity index (χ4n) is 1.31. The van der Waals surface area contributed by atoms with Crippen LogP contribution in [-0.2, 0) is 9.47 Å². The van der Waals surface area contributed by atoms with Crippen molar-refractivity contribution in [3.05, 3.63) is 34.9 Å². The molecule has 1 rings (SSSR count). The van der Waals surface area contributed by atoms with Crippen molar-refractivity contribution >= 4 is 5.78 Å². The molecular weight excluding hydrogens is 218 g/mol. The average Bonchev–Trinajstić information content (AvgIpc) is 2.26. The lowest BCUT2D eigenvalue weighted by atomic mass is 10.1. The fourth-order valence-corrected chi connectivity index (χ4v) is 1.31. The Morgan fingerprint density at radius 1 is 1.25 bits per heavy atom. The molecule has 0 aliphatic carbocycles. The maximum absolute atomic E-state index is 13.6. The lowest BCUT2D eigenvalue weighted by Crippen LogP contribution is -2.27. The van der Waals surface area contributed by atoms with E-state index in [9.17, 15) is 13.6 Å². The van der Waals surface area contributed by atoms with Crippen LogP contribution in [-0.4, -0.2) is 26.3 Å². The molecule has 0 fully saturated rings. The van der Waals surface area contributed by atoms with Crippen LogP contribution in [0.3, 0.4) is 0 Å². The van der Waals surface area contributed by atoms with Crippen LogP contribution in [0, 0.1) is 18.6 Å². The zero-order valence-electron chi connectivity index (χ0n) is 9.21. The van der Waals surface area contributed by atoms with E-state index in [0.29, 0.717) is 0 Å². The fraction of sp³-hybridized carbons (Fsp3) is 0.364. The van der Waals surface area contributed by atoms with E-state index in [1.54, 1.807) is 0 Å². The van der Waals surface area contributed by atoms with E-state index < -0.39 is 29.3 Å². The highest BCUT2D eigenvalue weighted by molar-refractivity contribution is 5.99. The number of ketones is 1. The van der Waals surface area contributed by atoms with Crippen LogP contribution < -0.4 is 0 Å². The molecule has 0 saturated carbocycles. The Labute approximate surface area is 92.0 Å². The van der Waals surface area contributed by atoms with Crippen molar-refractivity contribution in [2.75, 3.05) is 14.2 Å². The number of benzene rings is 1. The van der Waals surface area contributed by atoms with Crippen LogP contribution in [0.1, 0.15) is 15.9 Å². The lowest BCUT2D eigenvalue weighted by molar-refractivity contribution is -0.0745. The minimum absolute atomic E-state index is 0.190. The van der Waals surface area contributed by atoms with Gasteiger partial charge in [-0.25, -0.2) is 8.78 Å². The van der Waals surface area contributed by atoms with Crippen molar-refractivity contribution < 1.29 is 23.0 Å². The van der Waals surface area contributed by atoms with Crippen LogP contribution in [0.2, 0.25) is 0 Å². The summed E-state index contributed by atoms with van der Waals surface area (Å²) in [4.78, 5) is 11.7. The molecule has 0 heterocycles. The molecule has 0 unspecified atom stereocenters. The minimum atomic E-state index is -1.30. The van der Waals surface area contributed by atoms with Gasteiger partial charge in [0.15, 0.2) is 0 Å². The van der Waals surface area contributed by atoms with E-state index >= 15 is 0 Å². The molecule has 88 valence electrons. The quantitative estimate of drug-likeness (QED) is 0.586. The molecule has 0 N–H and O–H groups in total. The topological polar surface area (TPSA) is 35.5 Å². The van der Waals surface area contributed by atoms with Gasteiger partial charge < -0.3 is 9.47 Å². The molecule has 0 aromatic heterocycles. The van der Waals surface area contributed by atoms with Gasteiger partial charge in [-0.1, -0.05) is 6.07 Å². The van der Waals surface area contributed by atoms with Gasteiger partial charge in [-0.2, -0.15) is 0 Å². The van der Waals surface area contributed by atoms with E-state index in [-0.39, 0.29) is 5.56 Å². The molecule has 0 bridgehead atoms. The van der Waals surface area contributed by atoms with E-state index in [1.807, 2.05) is 0 Å². The van der Waals surface area contributed by atoms with Crippen LogP contribution >= 0.6 is 0 Å². The summed E-state index contributed by atoms with van der Waals surface area (Å²) in [6.45, 7) is 1.44. The molecule has 0 aliphatic rings. The first-order valence-electron chi connectivity index (χ1n) is 4.57. The van der Waals surface area contributed by atoms with Crippen molar-refractivity contribution in [2.45, 2.75) is 13.2 Å². The van der Waals surface area contributed by atoms with Gasteiger partial charge in [0.05, 0.1) is 5.56 Å². The highest BCUT2D eigenvalue weighted by Gasteiger charge is 2.26. The molecule has 0 atom stereocenters. The standard InChI is InChI=1S/C11H12F2O3/c1-6-4-5-7(12)8(9(6)13)10(14)11(15-2)16-3/h4-5,11H,1-3H3. The van der Waals surface area contributed by atoms with Gasteiger partial charge in [-0.15, -0.1) is 0 Å². The Hall–Kier alpha value is -1.33. The Morgan fingerprint density at radius 3 is 2.31 bits per heavy atom. The van der Waals surface area contributed by atoms with E-state index in [2.05, 4.69) is 9.47 Å². The molecule has 16 heavy (non-hydrogen) atoms. The summed E-state index contributed by atoms with van der Waals surface area (Å²) in [5, 5.41) is 0. The van der Waals surface area contributed by atoms with Gasteiger partial charge in [0.1, 0.15) is 11.6 Å². The number of halogens is 2. The van der Waals surface area contributed by atoms with Gasteiger partial charge in [-0.05, 0) is 18.6 Å². The molecule has 0 amide bonds. The molecule has 1 aromatic rings. The molecule has 1 aromatic carbocycles. The van der Waals surface area contributed by atoms with E-state index in [0.717, 1.165) is 6.07 Å². The van der Waals surface area contributed by atoms with E-state index in [1.165, 1.54) is 27.2 Å². The smallest absolute Gasteiger partial charge is 0.224 e. The highest BCUT2D eigenvalue weighted by atomic mass is 19.1. The van der Waals surface area contributed by atoms with Crippen molar-refractivity contribution in [3.8, 4) is 0 Å². The second-order valence-electron chi connectivity index (χ2n) is 3.22. The van der Waals surface area contributed by atoms with Crippen LogP contribution in [0.25, 0.3) is 0 Å². The number of ether oxygens (including phenoxy) is 2. The van der Waals surface area contributed by atoms with Crippen LogP contribution in [0.4, 0.5) is 8.78 Å². The Morgan fingerprint density at radius 2 is 1.81 bits per heavy atom. The van der Waals surface area contributed by atoms with Gasteiger partial charge in [0.25, 0.3) is 0 Å². The molecule has 5 heteroatoms. The van der Waals surface area contributed by atoms with Crippen molar-refractivity contribution in [1.82, 2.24) is 0 Å². The zero-order chi connectivity index (χ0) is 12.3. The number of methoxy groups -OCH3 is 2. The number of Topliss-reactive ketones (excluding diaryl/α,β-unsaturated/α-hetero) is 1. The number of carbonyl (C=O) groups excluding carboxylic acids is 1. The predicted octanol–water partition coefficient (Wildman–Crippen LogP) is 2.07. The van der Waals surface area contributed by atoms with E-state index in [4.69, 9.17) is 0 Å². The lowest BCUT2D eigenvalue weighted by Gasteiger charge is -2.13. The predicted molar refractivity (Wildman–Crippen MR) is 53.2 cm³/mol. The first-order chi connectivity index (χ1) is 7.52. The first kappa shape index (κ1) is 12.7. The molecule has 0 aliphatic heterocycles. The van der Waals surface area contributed by atoms with Crippen LogP contribution in [0.5, 0.6) is 0 Å². The summed E-state index contributed by atoms with van der Waals surface area (Å²) < 4.78 is 36.2. The summed E-state index contributed by atoms with van der Waals surface area (Å²) in [5.41, 5.74) is -0.440. The third-order valence-corrected chi connectivity index (χ3v) is 2.17. The SMILES string of the molecule is COC(OC)C(=O)c1c(F)ccc(C)c1F. The minimum Gasteiger partial charge on any atom is -0.349 e. The first-order valence-corrected chi connectivity index (χ1v) is 4.57. The summed E-state index contributed by atoms with van der Waals surface area (Å²) in [6.07, 6.45) is -1.30. The monoisotopic (exact) mass is 230 g/mol. The maximum Gasteiger partial charge on any atom is 0.224 e. The third-order valence-electron chi connectivity index (χ3n) is 2.17. The molecule has 0 spiro atoms. The Bertz CT molecular complexity index is 400. The van der Waals surface area contributed by atoms with Gasteiger partial charge in [0, 0.05) is 14.2 Å². The molecule has 0 saturated heterocycles. The normalized spacial score (nSPS) is 10.9. The third kappa shape index (κ3) is 2.25. The maximum atomic E-state index is 13.6. The Balaban J connectivity index is 3.22. The van der Waals surface area contributed by atoms with Crippen molar-refractivity contribution in [2.24, 2.45) is 0 Å². The van der Waals surface area contributed by atoms with Gasteiger partial charge in [0.2, 0.25) is 12.1 Å². The summed E-state index contributed by atoms with van der Waals surface area (Å²) in [6, 6.07) is 2.30. The van der Waals surface area contributed by atoms with Crippen LogP contribution in [0.15, 0.2) is 12.1 Å². The number of rotatable bonds is 4. The Kier molecular flexibility index (Phi) is 4.09. The summed E-state index contributed by atoms with van der Waals surface area (Å²) in [7, 11) is 2.44. The molecule has 3 nitrogen and oxygen atoms in total. The number of hydrogen-bond acceptors (Lipinski definition) is 3. The number of carbonyl (C=O) groups is 1. The summed E-state index contributed by atoms with van der Waals surface area (Å²) >= 11 is 0. The number of aryl methyl sites for hydroxylation is 1. The average molecular weight is 230 g/mol. The molecular formula is C11H12F2O3. The largest absolute Gasteiger partial charge is 0.349 e. The zero-order valence-corrected chi connectivity index (χ0v) is 9.21. The second-order valence-corrected chi connectivity index (χ2v) is 3.22. The molecule has 0 radical (unpaired) electrons. The highest BCUT2D eigenvalue weighted by Crippen LogP contribution is 2.18. The number of hydrogen-bond donors (Lipinski definition) is 0. The van der Waals surface area contributed by atoms with Gasteiger partial charge in [-0.3, -0.25) is 4.79 Å². The van der Waals surface area contributed by atoms with Crippen molar-refractivity contribution in [1.29, 1.82) is 0 Å². The van der Waals surface area contributed by atoms with Gasteiger partial charge >= 0.3 is 0 Å².